The zero-order chi connectivity index (χ0) is 26.2. The minimum Gasteiger partial charge on any atom is -0.251 e. The van der Waals surface area contributed by atoms with Gasteiger partial charge in [-0.15, -0.1) is 0 Å². The molecule has 2 aromatic rings. The van der Waals surface area contributed by atoms with Gasteiger partial charge in [-0.25, -0.2) is 4.99 Å². The highest BCUT2D eigenvalue weighted by atomic mass is 14.8. The van der Waals surface area contributed by atoms with E-state index in [1.807, 2.05) is 0 Å². The first-order valence-corrected chi connectivity index (χ1v) is 14.7. The fraction of sp³-hybridized carbons (Fsp3) is 0.529. The quantitative estimate of drug-likeness (QED) is 0.211. The van der Waals surface area contributed by atoms with Crippen LogP contribution in [0.5, 0.6) is 0 Å². The molecule has 0 N–H and O–H groups in total. The lowest BCUT2D eigenvalue weighted by Crippen LogP contribution is -2.12. The Kier molecular flexibility index (Phi) is 14.1. The molecule has 0 unspecified atom stereocenters. The Morgan fingerprint density at radius 1 is 0.611 bits per heavy atom. The van der Waals surface area contributed by atoms with Gasteiger partial charge in [-0.1, -0.05) is 91.9 Å². The lowest BCUT2D eigenvalue weighted by Gasteiger charge is -2.12. The highest BCUT2D eigenvalue weighted by molar-refractivity contribution is 6.47. The zero-order valence-corrected chi connectivity index (χ0v) is 24.0. The van der Waals surface area contributed by atoms with Crippen LogP contribution < -0.4 is 0 Å². The molecule has 2 aromatic carbocycles. The van der Waals surface area contributed by atoms with Crippen LogP contribution in [-0.4, -0.2) is 11.4 Å². The van der Waals surface area contributed by atoms with Crippen molar-refractivity contribution in [3.05, 3.63) is 70.8 Å². The molecular formula is C34H50N2. The molecule has 0 aliphatic carbocycles. The lowest BCUT2D eigenvalue weighted by molar-refractivity contribution is 0.838. The SMILES string of the molecule is CC/C=C/C(=Nc1ccc(CCC)c(CCC)c1)C(CCCC)=Nc1ccc(CCC)c(CCC)c1. The van der Waals surface area contributed by atoms with Crippen molar-refractivity contribution in [2.45, 2.75) is 119 Å². The van der Waals surface area contributed by atoms with Crippen molar-refractivity contribution in [1.82, 2.24) is 0 Å². The van der Waals surface area contributed by atoms with Gasteiger partial charge in [0.15, 0.2) is 0 Å². The number of nitrogens with zero attached hydrogens (tertiary/aromatic N) is 2. The fourth-order valence-corrected chi connectivity index (χ4v) is 4.70. The first-order chi connectivity index (χ1) is 17.6. The van der Waals surface area contributed by atoms with Gasteiger partial charge >= 0.3 is 0 Å². The summed E-state index contributed by atoms with van der Waals surface area (Å²) in [6.45, 7) is 13.5. The molecule has 0 bridgehead atoms. The first kappa shape index (κ1) is 29.7. The molecular weight excluding hydrogens is 436 g/mol. The summed E-state index contributed by atoms with van der Waals surface area (Å²) < 4.78 is 0. The van der Waals surface area contributed by atoms with Crippen LogP contribution in [0, 0.1) is 0 Å². The molecule has 0 aromatic heterocycles. The summed E-state index contributed by atoms with van der Waals surface area (Å²) in [4.78, 5) is 10.4. The van der Waals surface area contributed by atoms with Crippen molar-refractivity contribution in [2.75, 3.05) is 0 Å². The highest BCUT2D eigenvalue weighted by Gasteiger charge is 2.10. The van der Waals surface area contributed by atoms with Gasteiger partial charge in [0.1, 0.15) is 0 Å². The molecule has 0 aliphatic heterocycles. The van der Waals surface area contributed by atoms with E-state index >= 15 is 0 Å². The van der Waals surface area contributed by atoms with E-state index in [2.05, 4.69) is 90.1 Å². The number of aryl methyl sites for hydroxylation is 4. The van der Waals surface area contributed by atoms with Crippen molar-refractivity contribution in [3.63, 3.8) is 0 Å². The van der Waals surface area contributed by atoms with Crippen LogP contribution in [0.15, 0.2) is 58.5 Å². The second-order valence-corrected chi connectivity index (χ2v) is 9.88. The summed E-state index contributed by atoms with van der Waals surface area (Å²) in [5.74, 6) is 0. The van der Waals surface area contributed by atoms with E-state index in [-0.39, 0.29) is 0 Å². The second-order valence-electron chi connectivity index (χ2n) is 9.88. The van der Waals surface area contributed by atoms with E-state index in [1.165, 1.54) is 35.1 Å². The van der Waals surface area contributed by atoms with Crippen molar-refractivity contribution < 1.29 is 0 Å². The smallest absolute Gasteiger partial charge is 0.0848 e. The van der Waals surface area contributed by atoms with Crippen molar-refractivity contribution >= 4 is 22.8 Å². The Hall–Kier alpha value is -2.48. The molecule has 0 saturated carbocycles. The second kappa shape index (κ2) is 17.1. The van der Waals surface area contributed by atoms with Crippen molar-refractivity contribution in [1.29, 1.82) is 0 Å². The molecule has 36 heavy (non-hydrogen) atoms. The topological polar surface area (TPSA) is 24.7 Å². The summed E-state index contributed by atoms with van der Waals surface area (Å²) in [7, 11) is 0. The molecule has 0 heterocycles. The first-order valence-electron chi connectivity index (χ1n) is 14.7. The molecule has 0 spiro atoms. The number of hydrogen-bond donors (Lipinski definition) is 0. The number of allylic oxidation sites excluding steroid dienone is 2. The number of aliphatic imine (C=N–C) groups is 2. The van der Waals surface area contributed by atoms with E-state index in [4.69, 9.17) is 9.98 Å². The number of hydrogen-bond acceptors (Lipinski definition) is 2. The van der Waals surface area contributed by atoms with Crippen LogP contribution in [0.25, 0.3) is 0 Å². The summed E-state index contributed by atoms with van der Waals surface area (Å²) in [6.07, 6.45) is 17.8. The minimum atomic E-state index is 0.943. The Labute approximate surface area is 222 Å². The average Bonchev–Trinajstić information content (AvgIpc) is 2.88. The molecule has 0 radical (unpaired) electrons. The summed E-state index contributed by atoms with van der Waals surface area (Å²) in [5.41, 5.74) is 10.1. The number of benzene rings is 2. The Morgan fingerprint density at radius 3 is 1.58 bits per heavy atom. The highest BCUT2D eigenvalue weighted by Crippen LogP contribution is 2.25. The maximum Gasteiger partial charge on any atom is 0.0848 e. The van der Waals surface area contributed by atoms with Gasteiger partial charge in [0, 0.05) is 0 Å². The van der Waals surface area contributed by atoms with Gasteiger partial charge in [-0.05, 0) is 97.5 Å². The molecule has 0 atom stereocenters. The molecule has 0 aliphatic rings. The molecule has 2 heteroatoms. The number of rotatable bonds is 16. The van der Waals surface area contributed by atoms with E-state index in [0.29, 0.717) is 0 Å². The Balaban J connectivity index is 2.57. The van der Waals surface area contributed by atoms with Gasteiger partial charge in [0.2, 0.25) is 0 Å². The third-order valence-corrected chi connectivity index (χ3v) is 6.54. The number of unbranched alkanes of at least 4 members (excludes halogenated alkanes) is 1. The van der Waals surface area contributed by atoms with Crippen LogP contribution in [0.1, 0.15) is 115 Å². The van der Waals surface area contributed by atoms with Gasteiger partial charge < -0.3 is 0 Å². The maximum atomic E-state index is 5.23. The van der Waals surface area contributed by atoms with Crippen LogP contribution in [-0.2, 0) is 25.7 Å². The standard InChI is InChI=1S/C34H50N2/c1-7-13-19-33(35-31-23-21-27(15-9-3)29(25-31)17-11-5)34(20-14-8-2)36-32-24-22-28(16-10-4)30(26-32)18-12-6/h13,19,21-26H,7-12,14-18,20H2,1-6H3/b19-13+,35-33?,36-34?. The van der Waals surface area contributed by atoms with Gasteiger partial charge in [-0.2, -0.15) is 0 Å². The van der Waals surface area contributed by atoms with Gasteiger partial charge in [0.05, 0.1) is 22.8 Å². The minimum absolute atomic E-state index is 0.943. The molecule has 0 saturated heterocycles. The van der Waals surface area contributed by atoms with Gasteiger partial charge in [-0.3, -0.25) is 4.99 Å². The summed E-state index contributed by atoms with van der Waals surface area (Å²) in [5, 5.41) is 0. The molecule has 0 amide bonds. The molecule has 196 valence electrons. The fourth-order valence-electron chi connectivity index (χ4n) is 4.70. The van der Waals surface area contributed by atoms with E-state index in [0.717, 1.165) is 87.0 Å². The van der Waals surface area contributed by atoms with Crippen LogP contribution in [0.2, 0.25) is 0 Å². The van der Waals surface area contributed by atoms with E-state index in [1.54, 1.807) is 0 Å². The third-order valence-electron chi connectivity index (χ3n) is 6.54. The average molecular weight is 487 g/mol. The molecule has 0 fully saturated rings. The van der Waals surface area contributed by atoms with Crippen LogP contribution in [0.4, 0.5) is 11.4 Å². The molecule has 2 nitrogen and oxygen atoms in total. The Bertz CT molecular complexity index is 1010. The van der Waals surface area contributed by atoms with E-state index in [9.17, 15) is 0 Å². The van der Waals surface area contributed by atoms with Crippen LogP contribution in [0.3, 0.4) is 0 Å². The predicted octanol–water partition coefficient (Wildman–Crippen LogP) is 10.5. The Morgan fingerprint density at radius 2 is 1.11 bits per heavy atom. The summed E-state index contributed by atoms with van der Waals surface area (Å²) in [6, 6.07) is 13.6. The van der Waals surface area contributed by atoms with Crippen LogP contribution >= 0.6 is 0 Å². The van der Waals surface area contributed by atoms with Crippen molar-refractivity contribution in [3.8, 4) is 0 Å². The largest absolute Gasteiger partial charge is 0.251 e. The predicted molar refractivity (Wildman–Crippen MR) is 162 cm³/mol. The monoisotopic (exact) mass is 486 g/mol. The summed E-state index contributed by atoms with van der Waals surface area (Å²) >= 11 is 0. The maximum absolute atomic E-state index is 5.23. The third kappa shape index (κ3) is 9.52. The van der Waals surface area contributed by atoms with Crippen molar-refractivity contribution in [2.24, 2.45) is 9.98 Å². The normalized spacial score (nSPS) is 12.6. The lowest BCUT2D eigenvalue weighted by atomic mass is 9.98. The van der Waals surface area contributed by atoms with E-state index < -0.39 is 0 Å². The molecule has 2 rings (SSSR count). The zero-order valence-electron chi connectivity index (χ0n) is 24.0. The van der Waals surface area contributed by atoms with Gasteiger partial charge in [0.25, 0.3) is 0 Å².